The zero-order valence-corrected chi connectivity index (χ0v) is 13.3. The fourth-order valence-electron chi connectivity index (χ4n) is 3.40. The third kappa shape index (κ3) is 3.61. The number of hydrogen-bond acceptors (Lipinski definition) is 4. The van der Waals surface area contributed by atoms with Crippen molar-refractivity contribution >= 4 is 11.3 Å². The molecule has 0 atom stereocenters. The van der Waals surface area contributed by atoms with Gasteiger partial charge in [-0.2, -0.15) is 0 Å². The molecule has 1 aromatic rings. The highest BCUT2D eigenvalue weighted by Crippen LogP contribution is 2.36. The Labute approximate surface area is 126 Å². The molecule has 1 aromatic heterocycles. The molecule has 2 heterocycles. The molecule has 4 heteroatoms. The van der Waals surface area contributed by atoms with Crippen molar-refractivity contribution < 1.29 is 4.74 Å². The van der Waals surface area contributed by atoms with Gasteiger partial charge in [-0.15, -0.1) is 11.3 Å². The van der Waals surface area contributed by atoms with Crippen molar-refractivity contribution in [2.24, 2.45) is 5.41 Å². The van der Waals surface area contributed by atoms with Gasteiger partial charge >= 0.3 is 0 Å². The monoisotopic (exact) mass is 294 g/mol. The third-order valence-electron chi connectivity index (χ3n) is 4.66. The quantitative estimate of drug-likeness (QED) is 0.837. The second kappa shape index (κ2) is 6.56. The average molecular weight is 294 g/mol. The molecule has 1 aliphatic carbocycles. The van der Waals surface area contributed by atoms with Gasteiger partial charge in [-0.25, -0.2) is 0 Å². The van der Waals surface area contributed by atoms with Crippen LogP contribution in [0.4, 0.5) is 0 Å². The Morgan fingerprint density at radius 1 is 1.40 bits per heavy atom. The van der Waals surface area contributed by atoms with Gasteiger partial charge in [0.05, 0.1) is 6.61 Å². The minimum atomic E-state index is 0.361. The Morgan fingerprint density at radius 2 is 2.20 bits per heavy atom. The number of nitrogens with one attached hydrogen (secondary N) is 1. The zero-order valence-electron chi connectivity index (χ0n) is 12.4. The summed E-state index contributed by atoms with van der Waals surface area (Å²) in [6.07, 6.45) is 5.25. The van der Waals surface area contributed by atoms with Crippen molar-refractivity contribution in [1.82, 2.24) is 10.2 Å². The van der Waals surface area contributed by atoms with E-state index in [0.29, 0.717) is 5.41 Å². The van der Waals surface area contributed by atoms with Crippen molar-refractivity contribution in [3.05, 3.63) is 22.4 Å². The van der Waals surface area contributed by atoms with Crippen LogP contribution < -0.4 is 5.32 Å². The van der Waals surface area contributed by atoms with Crippen LogP contribution in [0.5, 0.6) is 0 Å². The first-order chi connectivity index (χ1) is 9.81. The van der Waals surface area contributed by atoms with Crippen molar-refractivity contribution in [2.45, 2.75) is 38.3 Å². The SMILES string of the molecule is COCC1(CN(Cc2cccs2)C2CC2)CCNCC1. The van der Waals surface area contributed by atoms with E-state index in [2.05, 4.69) is 27.7 Å². The van der Waals surface area contributed by atoms with Crippen LogP contribution in [-0.2, 0) is 11.3 Å². The average Bonchev–Trinajstić information content (AvgIpc) is 3.18. The van der Waals surface area contributed by atoms with Gasteiger partial charge in [0.25, 0.3) is 0 Å². The van der Waals surface area contributed by atoms with Crippen LogP contribution in [0.1, 0.15) is 30.6 Å². The maximum atomic E-state index is 5.57. The van der Waals surface area contributed by atoms with E-state index in [4.69, 9.17) is 4.74 Å². The lowest BCUT2D eigenvalue weighted by Crippen LogP contribution is -2.47. The van der Waals surface area contributed by atoms with E-state index in [1.807, 2.05) is 18.4 Å². The van der Waals surface area contributed by atoms with Gasteiger partial charge in [0, 0.05) is 36.5 Å². The summed E-state index contributed by atoms with van der Waals surface area (Å²) in [6, 6.07) is 5.26. The van der Waals surface area contributed by atoms with Crippen LogP contribution >= 0.6 is 11.3 Å². The Kier molecular flexibility index (Phi) is 4.76. The molecule has 1 saturated carbocycles. The normalized spacial score (nSPS) is 22.3. The minimum absolute atomic E-state index is 0.361. The van der Waals surface area contributed by atoms with Crippen molar-refractivity contribution in [3.63, 3.8) is 0 Å². The first-order valence-electron chi connectivity index (χ1n) is 7.77. The number of hydrogen-bond donors (Lipinski definition) is 1. The number of methoxy groups -OCH3 is 1. The molecule has 3 rings (SSSR count). The van der Waals surface area contributed by atoms with Gasteiger partial charge in [0.2, 0.25) is 0 Å². The van der Waals surface area contributed by atoms with Gasteiger partial charge in [-0.1, -0.05) is 6.07 Å². The molecule has 1 aliphatic heterocycles. The van der Waals surface area contributed by atoms with Gasteiger partial charge in [0.15, 0.2) is 0 Å². The fraction of sp³-hybridized carbons (Fsp3) is 0.750. The largest absolute Gasteiger partial charge is 0.384 e. The molecule has 1 N–H and O–H groups in total. The van der Waals surface area contributed by atoms with Gasteiger partial charge in [0.1, 0.15) is 0 Å². The molecule has 2 fully saturated rings. The number of nitrogens with zero attached hydrogens (tertiary/aromatic N) is 1. The smallest absolute Gasteiger partial charge is 0.0531 e. The standard InChI is InChI=1S/C16H26N2OS/c1-19-13-16(6-8-17-9-7-16)12-18(14-4-5-14)11-15-3-2-10-20-15/h2-3,10,14,17H,4-9,11-13H2,1H3. The van der Waals surface area contributed by atoms with E-state index in [0.717, 1.165) is 32.3 Å². The maximum Gasteiger partial charge on any atom is 0.0531 e. The fourth-order valence-corrected chi connectivity index (χ4v) is 4.13. The lowest BCUT2D eigenvalue weighted by Gasteiger charge is -2.41. The zero-order chi connectivity index (χ0) is 13.8. The van der Waals surface area contributed by atoms with E-state index in [9.17, 15) is 0 Å². The van der Waals surface area contributed by atoms with Crippen LogP contribution in [0.2, 0.25) is 0 Å². The first-order valence-corrected chi connectivity index (χ1v) is 8.65. The Bertz CT molecular complexity index is 391. The summed E-state index contributed by atoms with van der Waals surface area (Å²) in [6.45, 7) is 5.51. The lowest BCUT2D eigenvalue weighted by atomic mass is 9.79. The molecule has 3 nitrogen and oxygen atoms in total. The molecule has 0 amide bonds. The van der Waals surface area contributed by atoms with Crippen LogP contribution in [0.3, 0.4) is 0 Å². The molecule has 0 bridgehead atoms. The Balaban J connectivity index is 1.67. The molecule has 20 heavy (non-hydrogen) atoms. The van der Waals surface area contributed by atoms with Crippen molar-refractivity contribution in [1.29, 1.82) is 0 Å². The minimum Gasteiger partial charge on any atom is -0.384 e. The Morgan fingerprint density at radius 3 is 2.80 bits per heavy atom. The van der Waals surface area contributed by atoms with E-state index in [1.165, 1.54) is 37.1 Å². The highest BCUT2D eigenvalue weighted by atomic mass is 32.1. The van der Waals surface area contributed by atoms with Gasteiger partial charge in [-0.05, 0) is 50.2 Å². The summed E-state index contributed by atoms with van der Waals surface area (Å²) in [5.41, 5.74) is 0.361. The topological polar surface area (TPSA) is 24.5 Å². The highest BCUT2D eigenvalue weighted by molar-refractivity contribution is 7.09. The molecular weight excluding hydrogens is 268 g/mol. The van der Waals surface area contributed by atoms with Crippen molar-refractivity contribution in [2.75, 3.05) is 33.4 Å². The molecule has 0 unspecified atom stereocenters. The number of thiophene rings is 1. The predicted octanol–water partition coefficient (Wildman–Crippen LogP) is 2.73. The maximum absolute atomic E-state index is 5.57. The second-order valence-electron chi connectivity index (χ2n) is 6.40. The van der Waals surface area contributed by atoms with Crippen molar-refractivity contribution in [3.8, 4) is 0 Å². The molecule has 0 spiro atoms. The summed E-state index contributed by atoms with van der Waals surface area (Å²) < 4.78 is 5.57. The Hall–Kier alpha value is -0.420. The summed E-state index contributed by atoms with van der Waals surface area (Å²) in [5.74, 6) is 0. The summed E-state index contributed by atoms with van der Waals surface area (Å²) in [7, 11) is 1.85. The molecule has 1 saturated heterocycles. The van der Waals surface area contributed by atoms with Gasteiger partial charge < -0.3 is 10.1 Å². The lowest BCUT2D eigenvalue weighted by molar-refractivity contribution is 0.0181. The van der Waals surface area contributed by atoms with E-state index < -0.39 is 0 Å². The van der Waals surface area contributed by atoms with Gasteiger partial charge in [-0.3, -0.25) is 4.90 Å². The molecule has 2 aliphatic rings. The van der Waals surface area contributed by atoms with Crippen LogP contribution in [0.15, 0.2) is 17.5 Å². The summed E-state index contributed by atoms with van der Waals surface area (Å²) in [4.78, 5) is 4.22. The second-order valence-corrected chi connectivity index (χ2v) is 7.43. The van der Waals surface area contributed by atoms with Crippen LogP contribution in [-0.4, -0.2) is 44.3 Å². The van der Waals surface area contributed by atoms with E-state index in [-0.39, 0.29) is 0 Å². The van der Waals surface area contributed by atoms with E-state index in [1.54, 1.807) is 0 Å². The van der Waals surface area contributed by atoms with E-state index >= 15 is 0 Å². The first kappa shape index (κ1) is 14.5. The number of piperidine rings is 1. The van der Waals surface area contributed by atoms with Crippen LogP contribution in [0.25, 0.3) is 0 Å². The summed E-state index contributed by atoms with van der Waals surface area (Å²) >= 11 is 1.89. The number of rotatable bonds is 7. The highest BCUT2D eigenvalue weighted by Gasteiger charge is 2.38. The molecule has 0 radical (unpaired) electrons. The molecule has 112 valence electrons. The van der Waals surface area contributed by atoms with Crippen LogP contribution in [0, 0.1) is 5.41 Å². The third-order valence-corrected chi connectivity index (χ3v) is 5.52. The molecule has 0 aromatic carbocycles. The number of ether oxygens (including phenoxy) is 1. The summed E-state index contributed by atoms with van der Waals surface area (Å²) in [5, 5.41) is 5.68. The molecular formula is C16H26N2OS. The predicted molar refractivity (Wildman–Crippen MR) is 84.2 cm³/mol.